The second-order valence-corrected chi connectivity index (χ2v) is 6.34. The van der Waals surface area contributed by atoms with Crippen LogP contribution in [-0.2, 0) is 42.9 Å². The molecule has 0 amide bonds. The molecule has 0 bridgehead atoms. The lowest BCUT2D eigenvalue weighted by Crippen LogP contribution is -2.35. The van der Waals surface area contributed by atoms with Gasteiger partial charge >= 0.3 is 23.9 Å². The third-order valence-electron chi connectivity index (χ3n) is 4.62. The standard InChI is InChI=1S/C18H28O9/c1-5-15(19)24-9-26-17(21)11(3)13-7-23-8-14(13)12(4)18(22)27-10-25-16(20)6-2/h11-14H,5-10H2,1-4H3. The molecule has 1 aliphatic rings. The number of hydrogen-bond acceptors (Lipinski definition) is 9. The van der Waals surface area contributed by atoms with Gasteiger partial charge in [0.05, 0.1) is 25.0 Å². The summed E-state index contributed by atoms with van der Waals surface area (Å²) in [5.41, 5.74) is 0. The average Bonchev–Trinajstić information content (AvgIpc) is 3.15. The van der Waals surface area contributed by atoms with E-state index in [1.54, 1.807) is 27.7 Å². The Balaban J connectivity index is 2.52. The van der Waals surface area contributed by atoms with Crippen LogP contribution in [-0.4, -0.2) is 50.7 Å². The zero-order chi connectivity index (χ0) is 20.4. The van der Waals surface area contributed by atoms with Crippen molar-refractivity contribution in [1.82, 2.24) is 0 Å². The zero-order valence-electron chi connectivity index (χ0n) is 16.2. The summed E-state index contributed by atoms with van der Waals surface area (Å²) in [7, 11) is 0. The molecule has 1 fully saturated rings. The fourth-order valence-electron chi connectivity index (χ4n) is 2.74. The molecule has 154 valence electrons. The summed E-state index contributed by atoms with van der Waals surface area (Å²) in [6.45, 7) is 6.36. The Morgan fingerprint density at radius 3 is 1.48 bits per heavy atom. The quantitative estimate of drug-likeness (QED) is 0.405. The van der Waals surface area contributed by atoms with Crippen molar-refractivity contribution < 1.29 is 42.9 Å². The Kier molecular flexibility index (Phi) is 9.77. The Bertz CT molecular complexity index is 485. The molecule has 4 unspecified atom stereocenters. The van der Waals surface area contributed by atoms with Crippen molar-refractivity contribution in [1.29, 1.82) is 0 Å². The van der Waals surface area contributed by atoms with Gasteiger partial charge in [-0.15, -0.1) is 0 Å². The van der Waals surface area contributed by atoms with Crippen LogP contribution in [0.4, 0.5) is 0 Å². The van der Waals surface area contributed by atoms with Crippen LogP contribution in [0.3, 0.4) is 0 Å². The number of rotatable bonds is 10. The van der Waals surface area contributed by atoms with Crippen LogP contribution < -0.4 is 0 Å². The molecule has 0 N–H and O–H groups in total. The van der Waals surface area contributed by atoms with Crippen LogP contribution in [0.5, 0.6) is 0 Å². The minimum absolute atomic E-state index is 0.193. The molecule has 0 radical (unpaired) electrons. The predicted octanol–water partition coefficient (Wildman–Crippen LogP) is 1.43. The summed E-state index contributed by atoms with van der Waals surface area (Å²) in [5, 5.41) is 0. The minimum atomic E-state index is -0.550. The Labute approximate surface area is 158 Å². The lowest BCUT2D eigenvalue weighted by Gasteiger charge is -2.26. The van der Waals surface area contributed by atoms with Crippen LogP contribution in [0.1, 0.15) is 40.5 Å². The van der Waals surface area contributed by atoms with Gasteiger partial charge in [-0.1, -0.05) is 27.7 Å². The first kappa shape index (κ1) is 22.9. The summed E-state index contributed by atoms with van der Waals surface area (Å²) >= 11 is 0. The molecular weight excluding hydrogens is 360 g/mol. The maximum absolute atomic E-state index is 12.2. The molecule has 0 spiro atoms. The molecular formula is C18H28O9. The number of carbonyl (C=O) groups excluding carboxylic acids is 4. The lowest BCUT2D eigenvalue weighted by atomic mass is 9.78. The number of ether oxygens (including phenoxy) is 5. The second-order valence-electron chi connectivity index (χ2n) is 6.34. The lowest BCUT2D eigenvalue weighted by molar-refractivity contribution is -0.175. The van der Waals surface area contributed by atoms with E-state index >= 15 is 0 Å². The van der Waals surface area contributed by atoms with Crippen LogP contribution in [0.15, 0.2) is 0 Å². The van der Waals surface area contributed by atoms with E-state index < -0.39 is 49.3 Å². The van der Waals surface area contributed by atoms with Crippen LogP contribution in [0, 0.1) is 23.7 Å². The molecule has 0 aromatic heterocycles. The van der Waals surface area contributed by atoms with Gasteiger partial charge in [-0.2, -0.15) is 0 Å². The first-order valence-corrected chi connectivity index (χ1v) is 9.03. The average molecular weight is 388 g/mol. The van der Waals surface area contributed by atoms with Crippen molar-refractivity contribution in [3.63, 3.8) is 0 Å². The summed E-state index contributed by atoms with van der Waals surface area (Å²) in [4.78, 5) is 46.5. The van der Waals surface area contributed by atoms with Crippen molar-refractivity contribution in [3.8, 4) is 0 Å². The first-order chi connectivity index (χ1) is 12.8. The molecule has 1 saturated heterocycles. The van der Waals surface area contributed by atoms with E-state index in [0.29, 0.717) is 13.2 Å². The van der Waals surface area contributed by atoms with E-state index in [-0.39, 0.29) is 24.7 Å². The predicted molar refractivity (Wildman–Crippen MR) is 90.8 cm³/mol. The van der Waals surface area contributed by atoms with Gasteiger partial charge in [0.15, 0.2) is 0 Å². The maximum atomic E-state index is 12.2. The molecule has 27 heavy (non-hydrogen) atoms. The molecule has 9 heteroatoms. The van der Waals surface area contributed by atoms with Gasteiger partial charge in [-0.3, -0.25) is 19.2 Å². The summed E-state index contributed by atoms with van der Waals surface area (Å²) in [5.74, 6) is -3.58. The second kappa shape index (κ2) is 11.5. The fraction of sp³-hybridized carbons (Fsp3) is 0.778. The highest BCUT2D eigenvalue weighted by atomic mass is 16.7. The first-order valence-electron chi connectivity index (χ1n) is 9.03. The SMILES string of the molecule is CCC(=O)OCOC(=O)C(C)C1COCC1C(C)C(=O)OCOC(=O)CC. The highest BCUT2D eigenvalue weighted by Gasteiger charge is 2.42. The van der Waals surface area contributed by atoms with Gasteiger partial charge in [-0.25, -0.2) is 0 Å². The van der Waals surface area contributed by atoms with E-state index in [1.807, 2.05) is 0 Å². The van der Waals surface area contributed by atoms with Crippen LogP contribution in [0.2, 0.25) is 0 Å². The smallest absolute Gasteiger partial charge is 0.311 e. The van der Waals surface area contributed by atoms with E-state index in [2.05, 4.69) is 0 Å². The van der Waals surface area contributed by atoms with Gasteiger partial charge < -0.3 is 23.7 Å². The van der Waals surface area contributed by atoms with Gasteiger partial charge in [0, 0.05) is 24.7 Å². The maximum Gasteiger partial charge on any atom is 0.311 e. The summed E-state index contributed by atoms with van der Waals surface area (Å²) in [6, 6.07) is 0. The summed E-state index contributed by atoms with van der Waals surface area (Å²) < 4.78 is 24.8. The normalized spacial score (nSPS) is 21.0. The molecule has 9 nitrogen and oxygen atoms in total. The Morgan fingerprint density at radius 2 is 1.15 bits per heavy atom. The van der Waals surface area contributed by atoms with Crippen molar-refractivity contribution in [2.45, 2.75) is 40.5 Å². The molecule has 4 atom stereocenters. The molecule has 0 aliphatic carbocycles. The van der Waals surface area contributed by atoms with Crippen molar-refractivity contribution in [2.24, 2.45) is 23.7 Å². The zero-order valence-corrected chi connectivity index (χ0v) is 16.2. The van der Waals surface area contributed by atoms with Crippen LogP contribution >= 0.6 is 0 Å². The third-order valence-corrected chi connectivity index (χ3v) is 4.62. The minimum Gasteiger partial charge on any atom is -0.428 e. The molecule has 1 heterocycles. The molecule has 1 aliphatic heterocycles. The van der Waals surface area contributed by atoms with E-state index in [1.165, 1.54) is 0 Å². The number of hydrogen-bond donors (Lipinski definition) is 0. The third kappa shape index (κ3) is 7.16. The number of esters is 4. The van der Waals surface area contributed by atoms with Gasteiger partial charge in [0.2, 0.25) is 13.6 Å². The Morgan fingerprint density at radius 1 is 0.778 bits per heavy atom. The molecule has 1 rings (SSSR count). The van der Waals surface area contributed by atoms with E-state index in [9.17, 15) is 19.2 Å². The van der Waals surface area contributed by atoms with Gasteiger partial charge in [-0.05, 0) is 0 Å². The van der Waals surface area contributed by atoms with Gasteiger partial charge in [0.25, 0.3) is 0 Å². The van der Waals surface area contributed by atoms with E-state index in [4.69, 9.17) is 23.7 Å². The topological polar surface area (TPSA) is 114 Å². The van der Waals surface area contributed by atoms with Crippen molar-refractivity contribution >= 4 is 23.9 Å². The highest BCUT2D eigenvalue weighted by molar-refractivity contribution is 5.75. The van der Waals surface area contributed by atoms with E-state index in [0.717, 1.165) is 0 Å². The monoisotopic (exact) mass is 388 g/mol. The highest BCUT2D eigenvalue weighted by Crippen LogP contribution is 2.34. The van der Waals surface area contributed by atoms with Crippen molar-refractivity contribution in [2.75, 3.05) is 26.8 Å². The fourth-order valence-corrected chi connectivity index (χ4v) is 2.74. The molecule has 0 saturated carbocycles. The molecule has 0 aromatic carbocycles. The molecule has 0 aromatic rings. The number of carbonyl (C=O) groups is 4. The van der Waals surface area contributed by atoms with Crippen LogP contribution in [0.25, 0.3) is 0 Å². The Hall–Kier alpha value is -2.16. The van der Waals surface area contributed by atoms with Crippen molar-refractivity contribution in [3.05, 3.63) is 0 Å². The largest absolute Gasteiger partial charge is 0.428 e. The van der Waals surface area contributed by atoms with Gasteiger partial charge in [0.1, 0.15) is 0 Å². The summed E-state index contributed by atoms with van der Waals surface area (Å²) in [6.07, 6.45) is 0.387.